The van der Waals surface area contributed by atoms with Gasteiger partial charge in [-0.15, -0.1) is 11.3 Å². The van der Waals surface area contributed by atoms with E-state index in [4.69, 9.17) is 4.74 Å². The van der Waals surface area contributed by atoms with E-state index in [0.717, 1.165) is 4.88 Å². The molecule has 2 N–H and O–H groups in total. The van der Waals surface area contributed by atoms with Crippen LogP contribution in [-0.4, -0.2) is 30.9 Å². The van der Waals surface area contributed by atoms with Crippen LogP contribution in [0.4, 0.5) is 5.69 Å². The molecule has 2 rings (SSSR count). The molecule has 0 atom stereocenters. The van der Waals surface area contributed by atoms with Crippen LogP contribution in [0.3, 0.4) is 0 Å². The first kappa shape index (κ1) is 17.7. The standard InChI is InChI=1S/C17H18N2O4S/c1-2-23-17(22)13-7-3-4-8-14(13)19-16(21)11-18-15(20)10-12-6-5-9-24-12/h3-9H,2,10-11H2,1H3,(H,18,20)(H,19,21). The first-order valence-corrected chi connectivity index (χ1v) is 8.33. The third kappa shape index (κ3) is 5.20. The van der Waals surface area contributed by atoms with Crippen LogP contribution in [-0.2, 0) is 20.7 Å². The van der Waals surface area contributed by atoms with Crippen LogP contribution in [0.5, 0.6) is 0 Å². The van der Waals surface area contributed by atoms with Gasteiger partial charge < -0.3 is 15.4 Å². The molecule has 0 fully saturated rings. The summed E-state index contributed by atoms with van der Waals surface area (Å²) in [4.78, 5) is 36.5. The minimum absolute atomic E-state index is 0.165. The Hall–Kier alpha value is -2.67. The molecular formula is C17H18N2O4S. The van der Waals surface area contributed by atoms with E-state index < -0.39 is 11.9 Å². The molecule has 0 saturated heterocycles. The molecule has 0 aliphatic heterocycles. The van der Waals surface area contributed by atoms with E-state index in [1.807, 2.05) is 17.5 Å². The summed E-state index contributed by atoms with van der Waals surface area (Å²) < 4.78 is 4.95. The van der Waals surface area contributed by atoms with Crippen molar-refractivity contribution in [2.45, 2.75) is 13.3 Å². The first-order valence-electron chi connectivity index (χ1n) is 7.45. The zero-order valence-corrected chi connectivity index (χ0v) is 14.0. The Bertz CT molecular complexity index is 713. The van der Waals surface area contributed by atoms with E-state index in [-0.39, 0.29) is 31.0 Å². The summed E-state index contributed by atoms with van der Waals surface area (Å²) in [6.07, 6.45) is 0.240. The van der Waals surface area contributed by atoms with Crippen molar-refractivity contribution in [1.82, 2.24) is 5.32 Å². The van der Waals surface area contributed by atoms with Gasteiger partial charge in [0.05, 0.1) is 30.8 Å². The molecular weight excluding hydrogens is 328 g/mol. The quantitative estimate of drug-likeness (QED) is 0.753. The third-order valence-electron chi connectivity index (χ3n) is 3.06. The minimum atomic E-state index is -0.505. The lowest BCUT2D eigenvalue weighted by atomic mass is 10.2. The van der Waals surface area contributed by atoms with Crippen LogP contribution >= 0.6 is 11.3 Å². The van der Waals surface area contributed by atoms with Gasteiger partial charge >= 0.3 is 5.97 Å². The van der Waals surface area contributed by atoms with Crippen LogP contribution in [0.1, 0.15) is 22.2 Å². The number of amides is 2. The van der Waals surface area contributed by atoms with E-state index in [1.165, 1.54) is 11.3 Å². The lowest BCUT2D eigenvalue weighted by Crippen LogP contribution is -2.34. The predicted octanol–water partition coefficient (Wildman–Crippen LogP) is 2.22. The van der Waals surface area contributed by atoms with Gasteiger partial charge in [0.15, 0.2) is 0 Å². The highest BCUT2D eigenvalue weighted by Gasteiger charge is 2.14. The highest BCUT2D eigenvalue weighted by atomic mass is 32.1. The maximum Gasteiger partial charge on any atom is 0.340 e. The number of anilines is 1. The number of hydrogen-bond donors (Lipinski definition) is 2. The van der Waals surface area contributed by atoms with E-state index in [9.17, 15) is 14.4 Å². The van der Waals surface area contributed by atoms with Crippen molar-refractivity contribution >= 4 is 34.8 Å². The van der Waals surface area contributed by atoms with Crippen LogP contribution in [0.15, 0.2) is 41.8 Å². The summed E-state index contributed by atoms with van der Waals surface area (Å²) in [5.74, 6) is -1.15. The first-order chi connectivity index (χ1) is 11.6. The van der Waals surface area contributed by atoms with Crippen LogP contribution < -0.4 is 10.6 Å². The Labute approximate surface area is 143 Å². The molecule has 1 heterocycles. The van der Waals surface area contributed by atoms with Crippen molar-refractivity contribution in [2.75, 3.05) is 18.5 Å². The van der Waals surface area contributed by atoms with E-state index in [2.05, 4.69) is 10.6 Å². The molecule has 2 aromatic rings. The maximum atomic E-state index is 12.0. The predicted molar refractivity (Wildman–Crippen MR) is 92.1 cm³/mol. The minimum Gasteiger partial charge on any atom is -0.462 e. The fraction of sp³-hybridized carbons (Fsp3) is 0.235. The van der Waals surface area contributed by atoms with Gasteiger partial charge in [-0.2, -0.15) is 0 Å². The number of carbonyl (C=O) groups is 3. The third-order valence-corrected chi connectivity index (χ3v) is 3.93. The lowest BCUT2D eigenvalue weighted by Gasteiger charge is -2.10. The summed E-state index contributed by atoms with van der Waals surface area (Å²) in [5, 5.41) is 7.06. The number of benzene rings is 1. The Morgan fingerprint density at radius 3 is 2.58 bits per heavy atom. The number of esters is 1. The molecule has 0 unspecified atom stereocenters. The molecule has 0 saturated carbocycles. The molecule has 7 heteroatoms. The van der Waals surface area contributed by atoms with Crippen molar-refractivity contribution in [1.29, 1.82) is 0 Å². The van der Waals surface area contributed by atoms with Crippen molar-refractivity contribution in [3.05, 3.63) is 52.2 Å². The summed E-state index contributed by atoms with van der Waals surface area (Å²) in [5.41, 5.74) is 0.631. The molecule has 2 amide bonds. The molecule has 6 nitrogen and oxygen atoms in total. The topological polar surface area (TPSA) is 84.5 Å². The van der Waals surface area contributed by atoms with E-state index in [1.54, 1.807) is 31.2 Å². The van der Waals surface area contributed by atoms with Gasteiger partial charge in [-0.05, 0) is 30.5 Å². The van der Waals surface area contributed by atoms with Gasteiger partial charge in [0, 0.05) is 4.88 Å². The SMILES string of the molecule is CCOC(=O)c1ccccc1NC(=O)CNC(=O)Cc1cccs1. The van der Waals surface area contributed by atoms with Crippen molar-refractivity contribution in [3.8, 4) is 0 Å². The van der Waals surface area contributed by atoms with Gasteiger partial charge in [-0.25, -0.2) is 4.79 Å². The number of hydrogen-bond acceptors (Lipinski definition) is 5. The lowest BCUT2D eigenvalue weighted by molar-refractivity contribution is -0.123. The highest BCUT2D eigenvalue weighted by Crippen LogP contribution is 2.16. The number of ether oxygens (including phenoxy) is 1. The smallest absolute Gasteiger partial charge is 0.340 e. The van der Waals surface area contributed by atoms with Crippen LogP contribution in [0, 0.1) is 0 Å². The highest BCUT2D eigenvalue weighted by molar-refractivity contribution is 7.10. The summed E-state index contributed by atoms with van der Waals surface area (Å²) in [6, 6.07) is 10.3. The number of nitrogens with one attached hydrogen (secondary N) is 2. The van der Waals surface area contributed by atoms with Gasteiger partial charge in [-0.1, -0.05) is 18.2 Å². The normalized spacial score (nSPS) is 10.0. The molecule has 0 aliphatic carbocycles. The van der Waals surface area contributed by atoms with Crippen LogP contribution in [0.2, 0.25) is 0 Å². The summed E-state index contributed by atoms with van der Waals surface area (Å²) in [7, 11) is 0. The average Bonchev–Trinajstić information content (AvgIpc) is 3.06. The molecule has 1 aromatic carbocycles. The average molecular weight is 346 g/mol. The van der Waals surface area contributed by atoms with Crippen molar-refractivity contribution in [2.24, 2.45) is 0 Å². The van der Waals surface area contributed by atoms with Crippen molar-refractivity contribution in [3.63, 3.8) is 0 Å². The van der Waals surface area contributed by atoms with Gasteiger partial charge in [0.1, 0.15) is 0 Å². The fourth-order valence-corrected chi connectivity index (χ4v) is 2.69. The summed E-state index contributed by atoms with van der Waals surface area (Å²) >= 11 is 1.49. The molecule has 0 aliphatic rings. The van der Waals surface area contributed by atoms with Crippen molar-refractivity contribution < 1.29 is 19.1 Å². The number of para-hydroxylation sites is 1. The van der Waals surface area contributed by atoms with E-state index >= 15 is 0 Å². The fourth-order valence-electron chi connectivity index (χ4n) is 1.99. The Morgan fingerprint density at radius 1 is 1.08 bits per heavy atom. The second-order valence-corrected chi connectivity index (χ2v) is 5.88. The molecule has 24 heavy (non-hydrogen) atoms. The maximum absolute atomic E-state index is 12.0. The second-order valence-electron chi connectivity index (χ2n) is 4.85. The Balaban J connectivity index is 1.88. The number of thiophene rings is 1. The molecule has 0 spiro atoms. The summed E-state index contributed by atoms with van der Waals surface area (Å²) in [6.45, 7) is 1.80. The van der Waals surface area contributed by atoms with Gasteiger partial charge in [-0.3, -0.25) is 9.59 Å². The molecule has 1 aromatic heterocycles. The zero-order chi connectivity index (χ0) is 17.4. The zero-order valence-electron chi connectivity index (χ0n) is 13.2. The molecule has 0 bridgehead atoms. The van der Waals surface area contributed by atoms with E-state index in [0.29, 0.717) is 5.69 Å². The molecule has 126 valence electrons. The van der Waals surface area contributed by atoms with Crippen LogP contribution in [0.25, 0.3) is 0 Å². The van der Waals surface area contributed by atoms with Gasteiger partial charge in [0.25, 0.3) is 0 Å². The largest absolute Gasteiger partial charge is 0.462 e. The number of rotatable bonds is 7. The molecule has 0 radical (unpaired) electrons. The second kappa shape index (κ2) is 8.83. The Kier molecular flexibility index (Phi) is 6.51. The Morgan fingerprint density at radius 2 is 1.88 bits per heavy atom. The van der Waals surface area contributed by atoms with Gasteiger partial charge in [0.2, 0.25) is 11.8 Å². The monoisotopic (exact) mass is 346 g/mol. The number of carbonyl (C=O) groups excluding carboxylic acids is 3.